The molecule has 0 aromatic heterocycles. The van der Waals surface area contributed by atoms with Crippen molar-refractivity contribution in [2.24, 2.45) is 5.92 Å². The zero-order valence-electron chi connectivity index (χ0n) is 14.8. The Balaban J connectivity index is 1.59. The highest BCUT2D eigenvalue weighted by Crippen LogP contribution is 2.41. The third-order valence-electron chi connectivity index (χ3n) is 4.75. The molecular formula is C19H28N2O3. The van der Waals surface area contributed by atoms with Gasteiger partial charge in [-0.2, -0.15) is 0 Å². The number of nitrogens with one attached hydrogen (secondary N) is 1. The van der Waals surface area contributed by atoms with E-state index in [1.165, 1.54) is 12.8 Å². The monoisotopic (exact) mass is 332 g/mol. The highest BCUT2D eigenvalue weighted by Gasteiger charge is 2.34. The van der Waals surface area contributed by atoms with Crippen LogP contribution in [0.5, 0.6) is 5.75 Å². The highest BCUT2D eigenvalue weighted by atomic mass is 16.5. The van der Waals surface area contributed by atoms with E-state index in [0.717, 1.165) is 24.4 Å². The first-order chi connectivity index (χ1) is 11.5. The molecule has 1 saturated heterocycles. The Morgan fingerprint density at radius 2 is 1.88 bits per heavy atom. The van der Waals surface area contributed by atoms with Gasteiger partial charge in [-0.3, -0.25) is 9.69 Å². The summed E-state index contributed by atoms with van der Waals surface area (Å²) >= 11 is 0. The second kappa shape index (κ2) is 7.53. The molecule has 5 nitrogen and oxygen atoms in total. The summed E-state index contributed by atoms with van der Waals surface area (Å²) in [6.07, 6.45) is 2.73. The van der Waals surface area contributed by atoms with Crippen molar-refractivity contribution in [1.29, 1.82) is 0 Å². The van der Waals surface area contributed by atoms with Gasteiger partial charge in [-0.15, -0.1) is 0 Å². The third kappa shape index (κ3) is 4.48. The van der Waals surface area contributed by atoms with E-state index in [-0.39, 0.29) is 24.2 Å². The van der Waals surface area contributed by atoms with Crippen molar-refractivity contribution in [3.8, 4) is 5.75 Å². The normalized spacial score (nSPS) is 26.0. The van der Waals surface area contributed by atoms with Crippen LogP contribution >= 0.6 is 0 Å². The van der Waals surface area contributed by atoms with Crippen LogP contribution in [0.1, 0.15) is 38.3 Å². The van der Waals surface area contributed by atoms with Crippen LogP contribution in [0.25, 0.3) is 0 Å². The van der Waals surface area contributed by atoms with Gasteiger partial charge in [-0.1, -0.05) is 12.1 Å². The summed E-state index contributed by atoms with van der Waals surface area (Å²) in [5.74, 6) is 1.50. The van der Waals surface area contributed by atoms with E-state index in [1.807, 2.05) is 12.1 Å². The summed E-state index contributed by atoms with van der Waals surface area (Å²) in [5, 5.41) is 3.25. The summed E-state index contributed by atoms with van der Waals surface area (Å²) in [6, 6.07) is 8.14. The first-order valence-electron chi connectivity index (χ1n) is 8.86. The molecule has 1 aromatic carbocycles. The lowest BCUT2D eigenvalue weighted by Gasteiger charge is -2.35. The molecule has 24 heavy (non-hydrogen) atoms. The molecule has 1 amide bonds. The average molecular weight is 332 g/mol. The molecule has 0 unspecified atom stereocenters. The highest BCUT2D eigenvalue weighted by molar-refractivity contribution is 5.78. The number of rotatable bonds is 6. The van der Waals surface area contributed by atoms with E-state index < -0.39 is 0 Å². The number of hydrogen-bond donors (Lipinski definition) is 1. The van der Waals surface area contributed by atoms with Crippen LogP contribution in [0.2, 0.25) is 0 Å². The molecular weight excluding hydrogens is 304 g/mol. The molecule has 0 bridgehead atoms. The summed E-state index contributed by atoms with van der Waals surface area (Å²) in [6.45, 7) is 6.19. The molecule has 1 aliphatic heterocycles. The van der Waals surface area contributed by atoms with E-state index in [9.17, 15) is 4.79 Å². The molecule has 5 heteroatoms. The predicted molar refractivity (Wildman–Crippen MR) is 93.1 cm³/mol. The third-order valence-corrected chi connectivity index (χ3v) is 4.75. The van der Waals surface area contributed by atoms with E-state index in [0.29, 0.717) is 12.5 Å². The second-order valence-corrected chi connectivity index (χ2v) is 7.11. The first kappa shape index (κ1) is 17.2. The van der Waals surface area contributed by atoms with Gasteiger partial charge in [0.15, 0.2) is 0 Å². The molecule has 2 aliphatic rings. The quantitative estimate of drug-likeness (QED) is 0.869. The zero-order valence-corrected chi connectivity index (χ0v) is 14.8. The summed E-state index contributed by atoms with van der Waals surface area (Å²) in [4.78, 5) is 14.7. The molecule has 3 atom stereocenters. The molecule has 3 rings (SSSR count). The lowest BCUT2D eigenvalue weighted by Crippen LogP contribution is -2.49. The van der Waals surface area contributed by atoms with Crippen LogP contribution in [0.3, 0.4) is 0 Å². The molecule has 1 saturated carbocycles. The minimum Gasteiger partial charge on any atom is -0.497 e. The largest absolute Gasteiger partial charge is 0.497 e. The molecule has 1 aliphatic carbocycles. The summed E-state index contributed by atoms with van der Waals surface area (Å²) in [7, 11) is 1.67. The smallest absolute Gasteiger partial charge is 0.234 e. The SMILES string of the molecule is COc1ccc([C@H](NC(=O)CN2C[C@@H](C)O[C@@H](C)C2)C2CC2)cc1. The van der Waals surface area contributed by atoms with E-state index in [4.69, 9.17) is 9.47 Å². The van der Waals surface area contributed by atoms with Crippen molar-refractivity contribution in [2.45, 2.75) is 44.9 Å². The number of nitrogens with zero attached hydrogens (tertiary/aromatic N) is 1. The van der Waals surface area contributed by atoms with Crippen LogP contribution in [0, 0.1) is 5.92 Å². The van der Waals surface area contributed by atoms with Crippen molar-refractivity contribution < 1.29 is 14.3 Å². The van der Waals surface area contributed by atoms with E-state index in [1.54, 1.807) is 7.11 Å². The van der Waals surface area contributed by atoms with Crippen LogP contribution < -0.4 is 10.1 Å². The predicted octanol–water partition coefficient (Wildman–Crippen LogP) is 2.37. The minimum absolute atomic E-state index is 0.101. The topological polar surface area (TPSA) is 50.8 Å². The van der Waals surface area contributed by atoms with Crippen LogP contribution in [0.4, 0.5) is 0 Å². The number of benzene rings is 1. The van der Waals surface area contributed by atoms with Gasteiger partial charge < -0.3 is 14.8 Å². The maximum absolute atomic E-state index is 12.5. The van der Waals surface area contributed by atoms with Gasteiger partial charge in [-0.25, -0.2) is 0 Å². The fourth-order valence-electron chi connectivity index (χ4n) is 3.55. The Labute approximate surface area is 144 Å². The Bertz CT molecular complexity index is 546. The van der Waals surface area contributed by atoms with Crippen molar-refractivity contribution in [3.05, 3.63) is 29.8 Å². The molecule has 1 N–H and O–H groups in total. The molecule has 1 aromatic rings. The van der Waals surface area contributed by atoms with Gasteiger partial charge in [0.05, 0.1) is 31.9 Å². The number of ether oxygens (including phenoxy) is 2. The lowest BCUT2D eigenvalue weighted by molar-refractivity contribution is -0.126. The van der Waals surface area contributed by atoms with Gasteiger partial charge in [0.2, 0.25) is 5.91 Å². The fourth-order valence-corrected chi connectivity index (χ4v) is 3.55. The van der Waals surface area contributed by atoms with Gasteiger partial charge in [0.1, 0.15) is 5.75 Å². The Morgan fingerprint density at radius 3 is 2.42 bits per heavy atom. The minimum atomic E-state index is 0.101. The van der Waals surface area contributed by atoms with Gasteiger partial charge in [-0.05, 0) is 50.3 Å². The number of hydrogen-bond acceptors (Lipinski definition) is 4. The van der Waals surface area contributed by atoms with Gasteiger partial charge in [0.25, 0.3) is 0 Å². The van der Waals surface area contributed by atoms with E-state index >= 15 is 0 Å². The van der Waals surface area contributed by atoms with E-state index in [2.05, 4.69) is 36.2 Å². The standard InChI is InChI=1S/C19H28N2O3/c1-13-10-21(11-14(2)24-13)12-18(22)20-19(15-4-5-15)16-6-8-17(23-3)9-7-16/h6-9,13-15,19H,4-5,10-12H2,1-3H3,(H,20,22)/t13-,14+,19-/m1/s1. The Morgan fingerprint density at radius 1 is 1.25 bits per heavy atom. The summed E-state index contributed by atoms with van der Waals surface area (Å²) in [5.41, 5.74) is 1.16. The van der Waals surface area contributed by atoms with Crippen molar-refractivity contribution in [2.75, 3.05) is 26.7 Å². The number of carbonyl (C=O) groups is 1. The number of amides is 1. The number of methoxy groups -OCH3 is 1. The van der Waals surface area contributed by atoms with Crippen molar-refractivity contribution in [3.63, 3.8) is 0 Å². The zero-order chi connectivity index (χ0) is 17.1. The average Bonchev–Trinajstić information content (AvgIpc) is 3.36. The molecule has 2 fully saturated rings. The van der Waals surface area contributed by atoms with Crippen LogP contribution in [0.15, 0.2) is 24.3 Å². The number of morpholine rings is 1. The molecule has 0 spiro atoms. The van der Waals surface area contributed by atoms with Gasteiger partial charge in [0, 0.05) is 13.1 Å². The Kier molecular flexibility index (Phi) is 5.41. The van der Waals surface area contributed by atoms with Gasteiger partial charge >= 0.3 is 0 Å². The van der Waals surface area contributed by atoms with Crippen LogP contribution in [-0.4, -0.2) is 49.8 Å². The molecule has 1 heterocycles. The Hall–Kier alpha value is -1.59. The fraction of sp³-hybridized carbons (Fsp3) is 0.632. The molecule has 132 valence electrons. The lowest BCUT2D eigenvalue weighted by atomic mass is 10.0. The summed E-state index contributed by atoms with van der Waals surface area (Å²) < 4.78 is 11.0. The second-order valence-electron chi connectivity index (χ2n) is 7.11. The van der Waals surface area contributed by atoms with Crippen molar-refractivity contribution >= 4 is 5.91 Å². The number of carbonyl (C=O) groups excluding carboxylic acids is 1. The maximum Gasteiger partial charge on any atom is 0.234 e. The van der Waals surface area contributed by atoms with Crippen molar-refractivity contribution in [1.82, 2.24) is 10.2 Å². The maximum atomic E-state index is 12.5. The van der Waals surface area contributed by atoms with Crippen LogP contribution in [-0.2, 0) is 9.53 Å². The molecule has 0 radical (unpaired) electrons. The first-order valence-corrected chi connectivity index (χ1v) is 8.86.